The number of aromatic nitrogens is 2. The molecule has 0 radical (unpaired) electrons. The third kappa shape index (κ3) is 4.53. The molecule has 1 fully saturated rings. The number of nitrogens with zero attached hydrogens (tertiary/aromatic N) is 2. The smallest absolute Gasteiger partial charge is 0.251 e. The van der Waals surface area contributed by atoms with Crippen LogP contribution in [0.1, 0.15) is 23.2 Å². The number of carbonyl (C=O) groups is 1. The van der Waals surface area contributed by atoms with Crippen LogP contribution in [0.15, 0.2) is 66.7 Å². The molecule has 1 saturated heterocycles. The van der Waals surface area contributed by atoms with E-state index < -0.39 is 0 Å². The summed E-state index contributed by atoms with van der Waals surface area (Å²) in [5, 5.41) is 14.8. The molecule has 142 valence electrons. The van der Waals surface area contributed by atoms with Crippen molar-refractivity contribution in [3.63, 3.8) is 0 Å². The molecule has 3 aromatic rings. The zero-order chi connectivity index (χ0) is 19.2. The van der Waals surface area contributed by atoms with Crippen LogP contribution in [0.25, 0.3) is 11.3 Å². The van der Waals surface area contributed by atoms with Crippen LogP contribution >= 0.6 is 0 Å². The van der Waals surface area contributed by atoms with Crippen molar-refractivity contribution < 1.29 is 9.53 Å². The van der Waals surface area contributed by atoms with Crippen LogP contribution in [0, 0.1) is 0 Å². The standard InChI is InChI=1S/C22H22N4O2/c27-22(24-18-11-13-28-14-12-18)17-7-4-8-19(15-17)23-21-10-9-20(25-26-21)16-5-2-1-3-6-16/h1-10,15,18H,11-14H2,(H,23,26)(H,24,27). The first-order chi connectivity index (χ1) is 13.8. The topological polar surface area (TPSA) is 76.1 Å². The van der Waals surface area contributed by atoms with E-state index in [4.69, 9.17) is 4.74 Å². The van der Waals surface area contributed by atoms with Gasteiger partial charge in [0, 0.05) is 36.1 Å². The van der Waals surface area contributed by atoms with Crippen molar-refractivity contribution in [1.82, 2.24) is 15.5 Å². The van der Waals surface area contributed by atoms with Crippen LogP contribution in [0.5, 0.6) is 0 Å². The maximum atomic E-state index is 12.5. The minimum absolute atomic E-state index is 0.0685. The SMILES string of the molecule is O=C(NC1CCOCC1)c1cccc(Nc2ccc(-c3ccccc3)nn2)c1. The predicted molar refractivity (Wildman–Crippen MR) is 108 cm³/mol. The number of ether oxygens (including phenoxy) is 1. The number of amides is 1. The number of rotatable bonds is 5. The Bertz CT molecular complexity index is 923. The average Bonchev–Trinajstić information content (AvgIpc) is 2.76. The molecule has 1 amide bonds. The monoisotopic (exact) mass is 374 g/mol. The largest absolute Gasteiger partial charge is 0.381 e. The minimum Gasteiger partial charge on any atom is -0.381 e. The summed E-state index contributed by atoms with van der Waals surface area (Å²) in [4.78, 5) is 12.5. The van der Waals surface area contributed by atoms with E-state index in [0.717, 1.165) is 29.8 Å². The lowest BCUT2D eigenvalue weighted by atomic mass is 10.1. The first-order valence-corrected chi connectivity index (χ1v) is 9.43. The van der Waals surface area contributed by atoms with Gasteiger partial charge in [0.05, 0.1) is 5.69 Å². The molecule has 4 rings (SSSR count). The van der Waals surface area contributed by atoms with E-state index in [1.807, 2.05) is 66.7 Å². The summed E-state index contributed by atoms with van der Waals surface area (Å²) in [6.07, 6.45) is 1.71. The van der Waals surface area contributed by atoms with Gasteiger partial charge in [-0.3, -0.25) is 4.79 Å². The van der Waals surface area contributed by atoms with Crippen molar-refractivity contribution in [2.75, 3.05) is 18.5 Å². The van der Waals surface area contributed by atoms with Crippen LogP contribution in [0.3, 0.4) is 0 Å². The molecule has 0 bridgehead atoms. The average molecular weight is 374 g/mol. The lowest BCUT2D eigenvalue weighted by molar-refractivity contribution is 0.0696. The highest BCUT2D eigenvalue weighted by atomic mass is 16.5. The highest BCUT2D eigenvalue weighted by Gasteiger charge is 2.17. The molecular weight excluding hydrogens is 352 g/mol. The van der Waals surface area contributed by atoms with Crippen molar-refractivity contribution >= 4 is 17.4 Å². The summed E-state index contributed by atoms with van der Waals surface area (Å²) in [5.74, 6) is 0.558. The summed E-state index contributed by atoms with van der Waals surface area (Å²) in [7, 11) is 0. The zero-order valence-corrected chi connectivity index (χ0v) is 15.5. The summed E-state index contributed by atoms with van der Waals surface area (Å²) < 4.78 is 5.33. The van der Waals surface area contributed by atoms with E-state index >= 15 is 0 Å². The molecule has 2 N–H and O–H groups in total. The zero-order valence-electron chi connectivity index (χ0n) is 15.5. The Morgan fingerprint density at radius 3 is 2.50 bits per heavy atom. The molecule has 1 aliphatic rings. The second-order valence-corrected chi connectivity index (χ2v) is 6.74. The Balaban J connectivity index is 1.42. The second-order valence-electron chi connectivity index (χ2n) is 6.74. The van der Waals surface area contributed by atoms with Crippen LogP contribution in [-0.2, 0) is 4.74 Å². The maximum absolute atomic E-state index is 12.5. The Morgan fingerprint density at radius 1 is 0.929 bits per heavy atom. The van der Waals surface area contributed by atoms with E-state index in [2.05, 4.69) is 20.8 Å². The van der Waals surface area contributed by atoms with Crippen LogP contribution < -0.4 is 10.6 Å². The molecule has 1 aliphatic heterocycles. The number of hydrogen-bond donors (Lipinski definition) is 2. The highest BCUT2D eigenvalue weighted by molar-refractivity contribution is 5.95. The van der Waals surface area contributed by atoms with Gasteiger partial charge >= 0.3 is 0 Å². The van der Waals surface area contributed by atoms with Gasteiger partial charge in [-0.15, -0.1) is 10.2 Å². The fraction of sp³-hybridized carbons (Fsp3) is 0.227. The van der Waals surface area contributed by atoms with Gasteiger partial charge in [-0.05, 0) is 43.2 Å². The van der Waals surface area contributed by atoms with Crippen LogP contribution in [0.2, 0.25) is 0 Å². The molecule has 0 aliphatic carbocycles. The molecule has 2 heterocycles. The predicted octanol–water partition coefficient (Wildman–Crippen LogP) is 3.80. The number of nitrogens with one attached hydrogen (secondary N) is 2. The first kappa shape index (κ1) is 18.1. The number of carbonyl (C=O) groups excluding carboxylic acids is 1. The highest BCUT2D eigenvalue weighted by Crippen LogP contribution is 2.19. The van der Waals surface area contributed by atoms with Gasteiger partial charge in [-0.1, -0.05) is 36.4 Å². The van der Waals surface area contributed by atoms with E-state index in [-0.39, 0.29) is 11.9 Å². The normalized spacial score (nSPS) is 14.4. The van der Waals surface area contributed by atoms with Gasteiger partial charge in [-0.2, -0.15) is 0 Å². The van der Waals surface area contributed by atoms with Crippen LogP contribution in [-0.4, -0.2) is 35.4 Å². The molecule has 6 nitrogen and oxygen atoms in total. The number of benzene rings is 2. The second kappa shape index (κ2) is 8.63. The van der Waals surface area contributed by atoms with Crippen LogP contribution in [0.4, 0.5) is 11.5 Å². The van der Waals surface area contributed by atoms with Gasteiger partial charge in [0.25, 0.3) is 5.91 Å². The van der Waals surface area contributed by atoms with Gasteiger partial charge < -0.3 is 15.4 Å². The van der Waals surface area contributed by atoms with Crippen molar-refractivity contribution in [3.05, 3.63) is 72.3 Å². The number of anilines is 2. The molecule has 6 heteroatoms. The third-order valence-corrected chi connectivity index (χ3v) is 4.69. The van der Waals surface area contributed by atoms with Crippen molar-refractivity contribution in [3.8, 4) is 11.3 Å². The van der Waals surface area contributed by atoms with E-state index in [9.17, 15) is 4.79 Å². The molecule has 2 aromatic carbocycles. The third-order valence-electron chi connectivity index (χ3n) is 4.69. The van der Waals surface area contributed by atoms with Gasteiger partial charge in [0.2, 0.25) is 0 Å². The lowest BCUT2D eigenvalue weighted by Gasteiger charge is -2.23. The van der Waals surface area contributed by atoms with Crippen molar-refractivity contribution in [1.29, 1.82) is 0 Å². The maximum Gasteiger partial charge on any atom is 0.251 e. The Labute approximate surface area is 164 Å². The lowest BCUT2D eigenvalue weighted by Crippen LogP contribution is -2.38. The number of hydrogen-bond acceptors (Lipinski definition) is 5. The minimum atomic E-state index is -0.0685. The molecule has 0 spiro atoms. The first-order valence-electron chi connectivity index (χ1n) is 9.43. The summed E-state index contributed by atoms with van der Waals surface area (Å²) in [6.45, 7) is 1.40. The fourth-order valence-corrected chi connectivity index (χ4v) is 3.16. The molecule has 1 aromatic heterocycles. The summed E-state index contributed by atoms with van der Waals surface area (Å²) in [6, 6.07) is 21.3. The molecular formula is C22H22N4O2. The van der Waals surface area contributed by atoms with Gasteiger partial charge in [-0.25, -0.2) is 0 Å². The summed E-state index contributed by atoms with van der Waals surface area (Å²) in [5.41, 5.74) is 3.25. The fourth-order valence-electron chi connectivity index (χ4n) is 3.16. The molecule has 0 saturated carbocycles. The molecule has 28 heavy (non-hydrogen) atoms. The Hall–Kier alpha value is -3.25. The van der Waals surface area contributed by atoms with Gasteiger partial charge in [0.1, 0.15) is 0 Å². The van der Waals surface area contributed by atoms with E-state index in [1.54, 1.807) is 0 Å². The van der Waals surface area contributed by atoms with E-state index in [1.165, 1.54) is 0 Å². The van der Waals surface area contributed by atoms with Crippen molar-refractivity contribution in [2.45, 2.75) is 18.9 Å². The molecule has 0 atom stereocenters. The quantitative estimate of drug-likeness (QED) is 0.710. The Morgan fingerprint density at radius 2 is 1.75 bits per heavy atom. The van der Waals surface area contributed by atoms with Crippen molar-refractivity contribution in [2.24, 2.45) is 0 Å². The summed E-state index contributed by atoms with van der Waals surface area (Å²) >= 11 is 0. The van der Waals surface area contributed by atoms with Gasteiger partial charge in [0.15, 0.2) is 5.82 Å². The Kier molecular flexibility index (Phi) is 5.58. The van der Waals surface area contributed by atoms with E-state index in [0.29, 0.717) is 24.6 Å². The molecule has 0 unspecified atom stereocenters.